The van der Waals surface area contributed by atoms with E-state index in [9.17, 15) is 0 Å². The molecule has 68 valence electrons. The fraction of sp³-hybridized carbons (Fsp3) is 0.778. The molecule has 1 aromatic heterocycles. The van der Waals surface area contributed by atoms with Crippen LogP contribution in [0.25, 0.3) is 0 Å². The largest absolute Gasteiger partial charge is 0.428 e. The van der Waals surface area contributed by atoms with E-state index in [0.29, 0.717) is 0 Å². The summed E-state index contributed by atoms with van der Waals surface area (Å²) in [5.41, 5.74) is 0. The smallest absolute Gasteiger partial charge is 0.216 e. The summed E-state index contributed by atoms with van der Waals surface area (Å²) in [6, 6.07) is 0. The molecule has 0 saturated carbocycles. The van der Waals surface area contributed by atoms with Crippen molar-refractivity contribution in [1.29, 1.82) is 0 Å². The quantitative estimate of drug-likeness (QED) is 0.613. The van der Waals surface area contributed by atoms with Crippen molar-refractivity contribution in [2.75, 3.05) is 0 Å². The minimum Gasteiger partial charge on any atom is -0.428 e. The number of aryl methyl sites for hydroxylation is 1. The van der Waals surface area contributed by atoms with Gasteiger partial charge in [-0.15, -0.1) is 10.2 Å². The van der Waals surface area contributed by atoms with Gasteiger partial charge in [-0.2, -0.15) is 0 Å². The van der Waals surface area contributed by atoms with Crippen molar-refractivity contribution in [1.82, 2.24) is 10.2 Å². The van der Waals surface area contributed by atoms with Crippen molar-refractivity contribution >= 4 is 0 Å². The first-order valence-electron chi connectivity index (χ1n) is 4.68. The zero-order valence-electron chi connectivity index (χ0n) is 7.62. The minimum absolute atomic E-state index is 0.770. The summed E-state index contributed by atoms with van der Waals surface area (Å²) in [7, 11) is 0. The van der Waals surface area contributed by atoms with Crippen LogP contribution in [-0.4, -0.2) is 10.2 Å². The lowest BCUT2D eigenvalue weighted by molar-refractivity contribution is 0.478. The van der Waals surface area contributed by atoms with Gasteiger partial charge in [-0.1, -0.05) is 32.6 Å². The molecule has 0 aliphatic rings. The Bertz CT molecular complexity index is 184. The molecule has 0 fully saturated rings. The summed E-state index contributed by atoms with van der Waals surface area (Å²) in [5.74, 6) is 0.770. The van der Waals surface area contributed by atoms with E-state index in [1.165, 1.54) is 38.5 Å². The Morgan fingerprint density at radius 3 is 2.75 bits per heavy atom. The van der Waals surface area contributed by atoms with Crippen LogP contribution < -0.4 is 0 Å². The first-order chi connectivity index (χ1) is 5.93. The van der Waals surface area contributed by atoms with Crippen LogP contribution in [0.15, 0.2) is 10.8 Å². The number of unbranched alkanes of at least 4 members (excludes halogenated alkanes) is 4. The monoisotopic (exact) mass is 168 g/mol. The maximum absolute atomic E-state index is 5.02. The highest BCUT2D eigenvalue weighted by atomic mass is 16.4. The lowest BCUT2D eigenvalue weighted by Gasteiger charge is -1.95. The summed E-state index contributed by atoms with van der Waals surface area (Å²) in [4.78, 5) is 0. The van der Waals surface area contributed by atoms with Crippen LogP contribution in [0.5, 0.6) is 0 Å². The van der Waals surface area contributed by atoms with Crippen LogP contribution >= 0.6 is 0 Å². The van der Waals surface area contributed by atoms with Crippen LogP contribution in [0.3, 0.4) is 0 Å². The molecule has 0 aliphatic heterocycles. The van der Waals surface area contributed by atoms with Gasteiger partial charge in [0.2, 0.25) is 12.3 Å². The van der Waals surface area contributed by atoms with Gasteiger partial charge in [0.15, 0.2) is 0 Å². The standard InChI is InChI=1S/C9H16N2O/c1-2-3-4-5-6-7-9-11-10-8-12-9/h8H,2-7H2,1H3. The predicted molar refractivity (Wildman–Crippen MR) is 46.8 cm³/mol. The third-order valence-corrected chi connectivity index (χ3v) is 1.90. The molecule has 1 rings (SSSR count). The second kappa shape index (κ2) is 5.75. The van der Waals surface area contributed by atoms with E-state index in [0.717, 1.165) is 12.3 Å². The van der Waals surface area contributed by atoms with Gasteiger partial charge in [0.25, 0.3) is 0 Å². The molecule has 0 aliphatic carbocycles. The Balaban J connectivity index is 1.96. The molecule has 0 saturated heterocycles. The second-order valence-corrected chi connectivity index (χ2v) is 3.00. The van der Waals surface area contributed by atoms with Crippen molar-refractivity contribution in [2.45, 2.75) is 45.4 Å². The first kappa shape index (κ1) is 9.23. The van der Waals surface area contributed by atoms with Crippen molar-refractivity contribution in [3.63, 3.8) is 0 Å². The topological polar surface area (TPSA) is 38.9 Å². The van der Waals surface area contributed by atoms with Gasteiger partial charge in [0, 0.05) is 6.42 Å². The summed E-state index contributed by atoms with van der Waals surface area (Å²) >= 11 is 0. The molecular formula is C9H16N2O. The van der Waals surface area contributed by atoms with E-state index >= 15 is 0 Å². The van der Waals surface area contributed by atoms with E-state index < -0.39 is 0 Å². The van der Waals surface area contributed by atoms with E-state index in [-0.39, 0.29) is 0 Å². The van der Waals surface area contributed by atoms with Crippen LogP contribution in [0.4, 0.5) is 0 Å². The van der Waals surface area contributed by atoms with E-state index in [1.807, 2.05) is 0 Å². The van der Waals surface area contributed by atoms with Gasteiger partial charge in [0.05, 0.1) is 0 Å². The first-order valence-corrected chi connectivity index (χ1v) is 4.68. The average molecular weight is 168 g/mol. The van der Waals surface area contributed by atoms with Gasteiger partial charge < -0.3 is 4.42 Å². The molecule has 0 aromatic carbocycles. The molecule has 3 heteroatoms. The molecule has 0 N–H and O–H groups in total. The minimum atomic E-state index is 0.770. The summed E-state index contributed by atoms with van der Waals surface area (Å²) in [5, 5.41) is 7.44. The third kappa shape index (κ3) is 3.51. The van der Waals surface area contributed by atoms with Gasteiger partial charge in [-0.05, 0) is 6.42 Å². The zero-order chi connectivity index (χ0) is 8.65. The Labute approximate surface area is 73.2 Å². The Kier molecular flexibility index (Phi) is 4.42. The van der Waals surface area contributed by atoms with Gasteiger partial charge >= 0.3 is 0 Å². The molecular weight excluding hydrogens is 152 g/mol. The lowest BCUT2D eigenvalue weighted by atomic mass is 10.1. The lowest BCUT2D eigenvalue weighted by Crippen LogP contribution is -1.86. The third-order valence-electron chi connectivity index (χ3n) is 1.90. The SMILES string of the molecule is CCCCCCCc1nnco1. The molecule has 3 nitrogen and oxygen atoms in total. The zero-order valence-corrected chi connectivity index (χ0v) is 7.62. The van der Waals surface area contributed by atoms with E-state index in [1.54, 1.807) is 0 Å². The fourth-order valence-electron chi connectivity index (χ4n) is 1.18. The highest BCUT2D eigenvalue weighted by molar-refractivity contribution is 4.71. The molecule has 0 bridgehead atoms. The number of hydrogen-bond donors (Lipinski definition) is 0. The second-order valence-electron chi connectivity index (χ2n) is 3.00. The number of rotatable bonds is 6. The molecule has 0 unspecified atom stereocenters. The Hall–Kier alpha value is -0.860. The van der Waals surface area contributed by atoms with E-state index in [2.05, 4.69) is 17.1 Å². The molecule has 1 heterocycles. The van der Waals surface area contributed by atoms with Crippen LogP contribution in [-0.2, 0) is 6.42 Å². The Morgan fingerprint density at radius 1 is 1.25 bits per heavy atom. The highest BCUT2D eigenvalue weighted by Crippen LogP contribution is 2.06. The van der Waals surface area contributed by atoms with E-state index in [4.69, 9.17) is 4.42 Å². The number of hydrogen-bond acceptors (Lipinski definition) is 3. The van der Waals surface area contributed by atoms with Crippen molar-refractivity contribution in [2.24, 2.45) is 0 Å². The number of aromatic nitrogens is 2. The molecule has 0 spiro atoms. The van der Waals surface area contributed by atoms with Gasteiger partial charge in [0.1, 0.15) is 0 Å². The summed E-state index contributed by atoms with van der Waals surface area (Å²) < 4.78 is 5.02. The van der Waals surface area contributed by atoms with Gasteiger partial charge in [-0.25, -0.2) is 0 Å². The van der Waals surface area contributed by atoms with Crippen LogP contribution in [0.1, 0.15) is 44.9 Å². The molecule has 12 heavy (non-hydrogen) atoms. The predicted octanol–water partition coefficient (Wildman–Crippen LogP) is 2.58. The van der Waals surface area contributed by atoms with Crippen molar-refractivity contribution in [3.05, 3.63) is 12.3 Å². The Morgan fingerprint density at radius 2 is 2.08 bits per heavy atom. The van der Waals surface area contributed by atoms with Crippen LogP contribution in [0, 0.1) is 0 Å². The maximum atomic E-state index is 5.02. The average Bonchev–Trinajstić information content (AvgIpc) is 2.57. The molecule has 1 aromatic rings. The van der Waals surface area contributed by atoms with Gasteiger partial charge in [-0.3, -0.25) is 0 Å². The maximum Gasteiger partial charge on any atom is 0.216 e. The molecule has 0 amide bonds. The summed E-state index contributed by atoms with van der Waals surface area (Å²) in [6.07, 6.45) is 8.72. The van der Waals surface area contributed by atoms with Crippen LogP contribution in [0.2, 0.25) is 0 Å². The van der Waals surface area contributed by atoms with Crippen molar-refractivity contribution in [3.8, 4) is 0 Å². The summed E-state index contributed by atoms with van der Waals surface area (Å²) in [6.45, 7) is 2.22. The molecule has 0 atom stereocenters. The number of nitrogens with zero attached hydrogens (tertiary/aromatic N) is 2. The fourth-order valence-corrected chi connectivity index (χ4v) is 1.18. The molecule has 0 radical (unpaired) electrons. The van der Waals surface area contributed by atoms with Crippen molar-refractivity contribution < 1.29 is 4.42 Å². The highest BCUT2D eigenvalue weighted by Gasteiger charge is 1.97. The normalized spacial score (nSPS) is 10.4.